The van der Waals surface area contributed by atoms with Crippen LogP contribution in [0.3, 0.4) is 0 Å². The first kappa shape index (κ1) is 12.0. The Morgan fingerprint density at radius 2 is 2.06 bits per heavy atom. The molecule has 0 saturated carbocycles. The SMILES string of the molecule is Cc1ccc(-c2ccnn(C)c2=O)cc1C(N)=O. The van der Waals surface area contributed by atoms with E-state index in [0.717, 1.165) is 5.56 Å². The zero-order chi connectivity index (χ0) is 13.3. The first-order valence-corrected chi connectivity index (χ1v) is 5.44. The van der Waals surface area contributed by atoms with Gasteiger partial charge in [0.1, 0.15) is 0 Å². The Morgan fingerprint density at radius 3 is 2.72 bits per heavy atom. The number of rotatable bonds is 2. The number of aryl methyl sites for hydroxylation is 2. The third-order valence-corrected chi connectivity index (χ3v) is 2.82. The van der Waals surface area contributed by atoms with Gasteiger partial charge in [-0.25, -0.2) is 4.68 Å². The second-order valence-corrected chi connectivity index (χ2v) is 4.07. The smallest absolute Gasteiger partial charge is 0.274 e. The Hall–Kier alpha value is -2.43. The molecule has 0 saturated heterocycles. The van der Waals surface area contributed by atoms with Gasteiger partial charge in [-0.1, -0.05) is 12.1 Å². The number of benzene rings is 1. The molecule has 0 aliphatic heterocycles. The zero-order valence-electron chi connectivity index (χ0n) is 10.2. The average Bonchev–Trinajstić information content (AvgIpc) is 2.33. The molecule has 1 amide bonds. The molecule has 1 aromatic heterocycles. The van der Waals surface area contributed by atoms with Gasteiger partial charge in [0.2, 0.25) is 5.91 Å². The molecule has 0 aliphatic rings. The Kier molecular flexibility index (Phi) is 2.97. The highest BCUT2D eigenvalue weighted by Gasteiger charge is 2.10. The van der Waals surface area contributed by atoms with Gasteiger partial charge in [-0.05, 0) is 30.2 Å². The van der Waals surface area contributed by atoms with Crippen molar-refractivity contribution in [1.82, 2.24) is 9.78 Å². The molecule has 0 spiro atoms. The molecule has 92 valence electrons. The summed E-state index contributed by atoms with van der Waals surface area (Å²) in [6, 6.07) is 6.82. The second kappa shape index (κ2) is 4.44. The van der Waals surface area contributed by atoms with Gasteiger partial charge >= 0.3 is 0 Å². The predicted molar refractivity (Wildman–Crippen MR) is 68.2 cm³/mol. The van der Waals surface area contributed by atoms with Crippen molar-refractivity contribution in [3.8, 4) is 11.1 Å². The fourth-order valence-corrected chi connectivity index (χ4v) is 1.78. The van der Waals surface area contributed by atoms with Crippen LogP contribution in [0.1, 0.15) is 15.9 Å². The number of amides is 1. The number of hydrogen-bond acceptors (Lipinski definition) is 3. The topological polar surface area (TPSA) is 78.0 Å². The fraction of sp³-hybridized carbons (Fsp3) is 0.154. The quantitative estimate of drug-likeness (QED) is 0.849. The number of aromatic nitrogens is 2. The standard InChI is InChI=1S/C13H13N3O2/c1-8-3-4-9(7-11(8)12(14)17)10-5-6-15-16(2)13(10)18/h3-7H,1-2H3,(H2,14,17). The van der Waals surface area contributed by atoms with E-state index in [-0.39, 0.29) is 5.56 Å². The summed E-state index contributed by atoms with van der Waals surface area (Å²) in [4.78, 5) is 23.2. The lowest BCUT2D eigenvalue weighted by Gasteiger charge is -2.06. The van der Waals surface area contributed by atoms with Crippen LogP contribution in [0.25, 0.3) is 11.1 Å². The third-order valence-electron chi connectivity index (χ3n) is 2.82. The van der Waals surface area contributed by atoms with E-state index in [1.807, 2.05) is 0 Å². The first-order chi connectivity index (χ1) is 8.50. The van der Waals surface area contributed by atoms with E-state index >= 15 is 0 Å². The normalized spacial score (nSPS) is 10.3. The second-order valence-electron chi connectivity index (χ2n) is 4.07. The van der Waals surface area contributed by atoms with Crippen molar-refractivity contribution < 1.29 is 4.79 Å². The maximum atomic E-state index is 11.9. The monoisotopic (exact) mass is 243 g/mol. The number of nitrogens with two attached hydrogens (primary N) is 1. The van der Waals surface area contributed by atoms with E-state index in [1.165, 1.54) is 4.68 Å². The number of carbonyl (C=O) groups is 1. The van der Waals surface area contributed by atoms with Gasteiger partial charge < -0.3 is 5.73 Å². The van der Waals surface area contributed by atoms with Crippen LogP contribution in [0, 0.1) is 6.92 Å². The van der Waals surface area contributed by atoms with E-state index in [2.05, 4.69) is 5.10 Å². The summed E-state index contributed by atoms with van der Waals surface area (Å²) >= 11 is 0. The molecule has 0 aliphatic carbocycles. The van der Waals surface area contributed by atoms with Crippen molar-refractivity contribution in [3.63, 3.8) is 0 Å². The van der Waals surface area contributed by atoms with Crippen LogP contribution in [0.4, 0.5) is 0 Å². The third kappa shape index (κ3) is 2.02. The molecule has 0 atom stereocenters. The minimum absolute atomic E-state index is 0.211. The van der Waals surface area contributed by atoms with Gasteiger partial charge in [0.25, 0.3) is 5.56 Å². The summed E-state index contributed by atoms with van der Waals surface area (Å²) in [5, 5.41) is 3.85. The first-order valence-electron chi connectivity index (χ1n) is 5.44. The van der Waals surface area contributed by atoms with Crippen molar-refractivity contribution in [1.29, 1.82) is 0 Å². The summed E-state index contributed by atoms with van der Waals surface area (Å²) < 4.78 is 1.25. The summed E-state index contributed by atoms with van der Waals surface area (Å²) in [6.45, 7) is 1.80. The number of carbonyl (C=O) groups excluding carboxylic acids is 1. The molecule has 0 bridgehead atoms. The van der Waals surface area contributed by atoms with Crippen molar-refractivity contribution >= 4 is 5.91 Å². The molecule has 1 heterocycles. The predicted octanol–water partition coefficient (Wildman–Crippen LogP) is 0.855. The van der Waals surface area contributed by atoms with Gasteiger partial charge in [0, 0.05) is 18.8 Å². The fourth-order valence-electron chi connectivity index (χ4n) is 1.78. The van der Waals surface area contributed by atoms with Crippen LogP contribution in [0.2, 0.25) is 0 Å². The maximum absolute atomic E-state index is 11.9. The molecular weight excluding hydrogens is 230 g/mol. The van der Waals surface area contributed by atoms with Crippen LogP contribution >= 0.6 is 0 Å². The Balaban J connectivity index is 2.65. The van der Waals surface area contributed by atoms with Gasteiger partial charge in [-0.15, -0.1) is 0 Å². The molecule has 5 nitrogen and oxygen atoms in total. The molecule has 0 radical (unpaired) electrons. The molecule has 0 unspecified atom stereocenters. The molecular formula is C13H13N3O2. The van der Waals surface area contributed by atoms with E-state index in [0.29, 0.717) is 16.7 Å². The van der Waals surface area contributed by atoms with E-state index < -0.39 is 5.91 Å². The zero-order valence-corrected chi connectivity index (χ0v) is 10.2. The lowest BCUT2D eigenvalue weighted by Crippen LogP contribution is -2.20. The number of primary amides is 1. The highest BCUT2D eigenvalue weighted by atomic mass is 16.1. The summed E-state index contributed by atoms with van der Waals surface area (Å²) in [5.41, 5.74) is 7.45. The minimum atomic E-state index is -0.500. The van der Waals surface area contributed by atoms with Crippen molar-refractivity contribution in [3.05, 3.63) is 51.9 Å². The molecule has 5 heteroatoms. The molecule has 2 rings (SSSR count). The minimum Gasteiger partial charge on any atom is -0.366 e. The molecule has 0 fully saturated rings. The highest BCUT2D eigenvalue weighted by molar-refractivity contribution is 5.95. The van der Waals surface area contributed by atoms with Crippen LogP contribution in [0.5, 0.6) is 0 Å². The maximum Gasteiger partial charge on any atom is 0.274 e. The molecule has 2 N–H and O–H groups in total. The Morgan fingerprint density at radius 1 is 1.33 bits per heavy atom. The van der Waals surface area contributed by atoms with Crippen LogP contribution in [0.15, 0.2) is 35.3 Å². The van der Waals surface area contributed by atoms with Crippen molar-refractivity contribution in [2.75, 3.05) is 0 Å². The van der Waals surface area contributed by atoms with Crippen LogP contribution in [-0.2, 0) is 7.05 Å². The lowest BCUT2D eigenvalue weighted by molar-refractivity contribution is 0.1000. The highest BCUT2D eigenvalue weighted by Crippen LogP contribution is 2.19. The Bertz CT molecular complexity index is 674. The summed E-state index contributed by atoms with van der Waals surface area (Å²) in [7, 11) is 1.58. The van der Waals surface area contributed by atoms with Crippen LogP contribution in [-0.4, -0.2) is 15.7 Å². The summed E-state index contributed by atoms with van der Waals surface area (Å²) in [5.74, 6) is -0.500. The van der Waals surface area contributed by atoms with Gasteiger partial charge in [-0.3, -0.25) is 9.59 Å². The number of nitrogens with zero attached hydrogens (tertiary/aromatic N) is 2. The molecule has 1 aromatic carbocycles. The summed E-state index contributed by atoms with van der Waals surface area (Å²) in [6.07, 6.45) is 1.54. The largest absolute Gasteiger partial charge is 0.366 e. The van der Waals surface area contributed by atoms with E-state index in [9.17, 15) is 9.59 Å². The van der Waals surface area contributed by atoms with Crippen molar-refractivity contribution in [2.24, 2.45) is 12.8 Å². The van der Waals surface area contributed by atoms with Crippen molar-refractivity contribution in [2.45, 2.75) is 6.92 Å². The van der Waals surface area contributed by atoms with Gasteiger partial charge in [-0.2, -0.15) is 5.10 Å². The van der Waals surface area contributed by atoms with Gasteiger partial charge in [0.05, 0.1) is 5.56 Å². The average molecular weight is 243 g/mol. The lowest BCUT2D eigenvalue weighted by atomic mass is 10.0. The van der Waals surface area contributed by atoms with E-state index in [1.54, 1.807) is 44.4 Å². The molecule has 2 aromatic rings. The number of hydrogen-bond donors (Lipinski definition) is 1. The van der Waals surface area contributed by atoms with Crippen LogP contribution < -0.4 is 11.3 Å². The van der Waals surface area contributed by atoms with Gasteiger partial charge in [0.15, 0.2) is 0 Å². The van der Waals surface area contributed by atoms with E-state index in [4.69, 9.17) is 5.73 Å². The molecule has 18 heavy (non-hydrogen) atoms. The Labute approximate surface area is 104 Å².